The molecule has 0 bridgehead atoms. The van der Waals surface area contributed by atoms with E-state index < -0.39 is 4.92 Å². The number of benzene rings is 2. The van der Waals surface area contributed by atoms with E-state index in [1.54, 1.807) is 24.3 Å². The van der Waals surface area contributed by atoms with Crippen LogP contribution in [0.15, 0.2) is 64.0 Å². The Balaban J connectivity index is 2.00. The van der Waals surface area contributed by atoms with Gasteiger partial charge in [0.1, 0.15) is 5.76 Å². The second-order valence-corrected chi connectivity index (χ2v) is 6.01. The van der Waals surface area contributed by atoms with Gasteiger partial charge in [-0.1, -0.05) is 29.3 Å². The number of halogens is 2. The number of nitrogens with zero attached hydrogens (tertiary/aromatic N) is 2. The summed E-state index contributed by atoms with van der Waals surface area (Å²) in [6, 6.07) is 14.0. The predicted octanol–water partition coefficient (Wildman–Crippen LogP) is 5.22. The van der Waals surface area contributed by atoms with Crippen molar-refractivity contribution in [3.8, 4) is 11.3 Å². The molecule has 26 heavy (non-hydrogen) atoms. The molecule has 1 heterocycles. The summed E-state index contributed by atoms with van der Waals surface area (Å²) in [5.74, 6) is 0.444. The Morgan fingerprint density at radius 3 is 2.58 bits per heavy atom. The van der Waals surface area contributed by atoms with Crippen LogP contribution in [0.4, 0.5) is 11.4 Å². The molecule has 1 aromatic heterocycles. The third-order valence-electron chi connectivity index (χ3n) is 3.42. The van der Waals surface area contributed by atoms with E-state index in [0.717, 1.165) is 0 Å². The van der Waals surface area contributed by atoms with Crippen molar-refractivity contribution in [1.82, 2.24) is 5.48 Å². The summed E-state index contributed by atoms with van der Waals surface area (Å²) in [6.45, 7) is 0. The molecule has 2 aromatic carbocycles. The van der Waals surface area contributed by atoms with Crippen molar-refractivity contribution >= 4 is 40.4 Å². The minimum Gasteiger partial charge on any atom is -0.452 e. The van der Waals surface area contributed by atoms with Crippen LogP contribution in [-0.2, 0) is 0 Å². The molecule has 0 fully saturated rings. The fourth-order valence-corrected chi connectivity index (χ4v) is 2.63. The molecule has 3 rings (SSSR count). The Morgan fingerprint density at radius 1 is 1.12 bits per heavy atom. The van der Waals surface area contributed by atoms with E-state index in [-0.39, 0.29) is 33.6 Å². The number of nitro benzene ring substituents is 1. The molecule has 0 aliphatic rings. The number of hydrogen-bond donors (Lipinski definition) is 2. The third-order valence-corrected chi connectivity index (χ3v) is 3.89. The van der Waals surface area contributed by atoms with Crippen LogP contribution in [0.3, 0.4) is 0 Å². The molecular weight excluding hydrogens is 381 g/mol. The van der Waals surface area contributed by atoms with Gasteiger partial charge >= 0.3 is 0 Å². The largest absolute Gasteiger partial charge is 0.452 e. The van der Waals surface area contributed by atoms with Crippen molar-refractivity contribution in [1.29, 1.82) is 0 Å². The van der Waals surface area contributed by atoms with Crippen LogP contribution in [0, 0.1) is 10.1 Å². The lowest BCUT2D eigenvalue weighted by molar-refractivity contribution is -0.384. The van der Waals surface area contributed by atoms with Gasteiger partial charge in [-0.2, -0.15) is 0 Å². The summed E-state index contributed by atoms with van der Waals surface area (Å²) in [7, 11) is 0. The Labute approximate surface area is 157 Å². The molecule has 132 valence electrons. The molecule has 0 radical (unpaired) electrons. The van der Waals surface area contributed by atoms with Crippen LogP contribution in [0.2, 0.25) is 10.0 Å². The van der Waals surface area contributed by atoms with Gasteiger partial charge in [0, 0.05) is 16.1 Å². The summed E-state index contributed by atoms with van der Waals surface area (Å²) in [6.07, 6.45) is 0. The summed E-state index contributed by atoms with van der Waals surface area (Å²) in [5.41, 5.74) is 2.51. The van der Waals surface area contributed by atoms with E-state index in [1.165, 1.54) is 30.3 Å². The van der Waals surface area contributed by atoms with Gasteiger partial charge in [0.05, 0.1) is 16.2 Å². The van der Waals surface area contributed by atoms with Crippen LogP contribution < -0.4 is 5.48 Å². The molecule has 0 spiro atoms. The number of hydroxylamine groups is 1. The molecule has 0 atom stereocenters. The molecule has 9 heteroatoms. The van der Waals surface area contributed by atoms with Crippen LogP contribution in [-0.4, -0.2) is 16.0 Å². The Morgan fingerprint density at radius 2 is 1.88 bits per heavy atom. The van der Waals surface area contributed by atoms with Gasteiger partial charge in [-0.25, -0.2) is 10.5 Å². The van der Waals surface area contributed by atoms with E-state index in [4.69, 9.17) is 27.6 Å². The standard InChI is InChI=1S/C17H11Cl2N3O4/c18-10-2-1-3-12(8-10)20-17(21-23)16-7-6-15(26-16)13-5-4-11(19)9-14(13)22(24)25/h1-9,23H,(H,20,21). The second-order valence-electron chi connectivity index (χ2n) is 5.13. The lowest BCUT2D eigenvalue weighted by atomic mass is 10.1. The number of amidine groups is 1. The summed E-state index contributed by atoms with van der Waals surface area (Å²) in [4.78, 5) is 14.9. The Bertz CT molecular complexity index is 1000. The fourth-order valence-electron chi connectivity index (χ4n) is 2.28. The van der Waals surface area contributed by atoms with E-state index in [0.29, 0.717) is 10.7 Å². The van der Waals surface area contributed by atoms with Crippen LogP contribution >= 0.6 is 23.2 Å². The molecule has 0 unspecified atom stereocenters. The number of aliphatic imine (C=N–C) groups is 1. The number of nitrogens with one attached hydrogen (secondary N) is 1. The quantitative estimate of drug-likeness (QED) is 0.274. The highest BCUT2D eigenvalue weighted by Gasteiger charge is 2.20. The zero-order valence-corrected chi connectivity index (χ0v) is 14.5. The van der Waals surface area contributed by atoms with Crippen LogP contribution in [0.5, 0.6) is 0 Å². The lowest BCUT2D eigenvalue weighted by Crippen LogP contribution is -2.19. The van der Waals surface area contributed by atoms with Gasteiger partial charge in [0.2, 0.25) is 0 Å². The van der Waals surface area contributed by atoms with Crippen molar-refractivity contribution in [2.45, 2.75) is 0 Å². The second kappa shape index (κ2) is 7.57. The smallest absolute Gasteiger partial charge is 0.281 e. The highest BCUT2D eigenvalue weighted by Crippen LogP contribution is 2.33. The molecule has 3 aromatic rings. The van der Waals surface area contributed by atoms with Crippen molar-refractivity contribution in [2.24, 2.45) is 4.99 Å². The number of furan rings is 1. The van der Waals surface area contributed by atoms with E-state index in [1.807, 2.05) is 5.48 Å². The fraction of sp³-hybridized carbons (Fsp3) is 0. The number of hydrogen-bond acceptors (Lipinski definition) is 5. The van der Waals surface area contributed by atoms with Crippen molar-refractivity contribution in [3.05, 3.63) is 80.5 Å². The van der Waals surface area contributed by atoms with Crippen molar-refractivity contribution in [2.75, 3.05) is 0 Å². The SMILES string of the molecule is O=[N+]([O-])c1cc(Cl)ccc1-c1ccc(C(=Nc2cccc(Cl)c2)NO)o1. The zero-order valence-electron chi connectivity index (χ0n) is 13.0. The van der Waals surface area contributed by atoms with Gasteiger partial charge in [-0.05, 0) is 42.5 Å². The molecule has 0 saturated heterocycles. The molecule has 0 aliphatic carbocycles. The first-order valence-corrected chi connectivity index (χ1v) is 8.02. The normalized spacial score (nSPS) is 11.4. The molecule has 0 amide bonds. The summed E-state index contributed by atoms with van der Waals surface area (Å²) >= 11 is 11.7. The number of rotatable bonds is 4. The molecule has 0 saturated carbocycles. The molecule has 7 nitrogen and oxygen atoms in total. The van der Waals surface area contributed by atoms with E-state index in [2.05, 4.69) is 4.99 Å². The zero-order chi connectivity index (χ0) is 18.7. The minimum atomic E-state index is -0.547. The highest BCUT2D eigenvalue weighted by molar-refractivity contribution is 6.31. The summed E-state index contributed by atoms with van der Waals surface area (Å²) in [5, 5.41) is 21.3. The Kier molecular flexibility index (Phi) is 5.22. The van der Waals surface area contributed by atoms with E-state index >= 15 is 0 Å². The maximum Gasteiger partial charge on any atom is 0.281 e. The van der Waals surface area contributed by atoms with Crippen molar-refractivity contribution < 1.29 is 14.5 Å². The lowest BCUT2D eigenvalue weighted by Gasteiger charge is -2.03. The monoisotopic (exact) mass is 391 g/mol. The van der Waals surface area contributed by atoms with Gasteiger partial charge in [-0.3, -0.25) is 15.3 Å². The third kappa shape index (κ3) is 3.85. The first kappa shape index (κ1) is 17.9. The maximum atomic E-state index is 11.2. The van der Waals surface area contributed by atoms with Gasteiger partial charge < -0.3 is 4.42 Å². The minimum absolute atomic E-state index is 0.0233. The van der Waals surface area contributed by atoms with Crippen LogP contribution in [0.1, 0.15) is 5.76 Å². The summed E-state index contributed by atoms with van der Waals surface area (Å²) < 4.78 is 5.62. The Hall–Kier alpha value is -2.87. The van der Waals surface area contributed by atoms with Gasteiger partial charge in [0.15, 0.2) is 11.6 Å². The van der Waals surface area contributed by atoms with E-state index in [9.17, 15) is 15.3 Å². The number of nitro groups is 1. The first-order chi connectivity index (χ1) is 12.5. The van der Waals surface area contributed by atoms with Crippen LogP contribution in [0.25, 0.3) is 11.3 Å². The average molecular weight is 392 g/mol. The average Bonchev–Trinajstić information content (AvgIpc) is 3.09. The van der Waals surface area contributed by atoms with Gasteiger partial charge in [0.25, 0.3) is 5.69 Å². The molecule has 2 N–H and O–H groups in total. The van der Waals surface area contributed by atoms with Gasteiger partial charge in [-0.15, -0.1) is 0 Å². The molecule has 0 aliphatic heterocycles. The first-order valence-electron chi connectivity index (χ1n) is 7.27. The predicted molar refractivity (Wildman–Crippen MR) is 98.4 cm³/mol. The molecular formula is C17H11Cl2N3O4. The maximum absolute atomic E-state index is 11.2. The highest BCUT2D eigenvalue weighted by atomic mass is 35.5. The topological polar surface area (TPSA) is 101 Å². The van der Waals surface area contributed by atoms with Crippen molar-refractivity contribution in [3.63, 3.8) is 0 Å².